The van der Waals surface area contributed by atoms with Gasteiger partial charge in [-0.05, 0) is 38.5 Å². The molecule has 0 aliphatic carbocycles. The molecule has 0 radical (unpaired) electrons. The molecule has 106 valence electrons. The standard InChI is InChI=1S/C16H27N2O/c1-18-9-3-5-12-11-17-14(7-2-8-15(17)19)13(16(12)18)6-4-10-18/h12-14,16H,2-11H2,1H3/q+1/t12-,13+,14-,16+,18?/m1/s1. The van der Waals surface area contributed by atoms with Crippen molar-refractivity contribution in [2.45, 2.75) is 57.0 Å². The average Bonchev–Trinajstić information content (AvgIpc) is 2.40. The van der Waals surface area contributed by atoms with Gasteiger partial charge in [-0.3, -0.25) is 4.79 Å². The molecule has 0 aromatic carbocycles. The number of carbonyl (C=O) groups is 1. The Morgan fingerprint density at radius 2 is 1.89 bits per heavy atom. The second-order valence-corrected chi connectivity index (χ2v) is 7.63. The molecule has 0 bridgehead atoms. The second-order valence-electron chi connectivity index (χ2n) is 7.63. The van der Waals surface area contributed by atoms with Crippen molar-refractivity contribution in [3.63, 3.8) is 0 Å². The molecule has 4 rings (SSSR count). The molecular formula is C16H27N2O+. The van der Waals surface area contributed by atoms with Crippen LogP contribution in [0.1, 0.15) is 44.9 Å². The van der Waals surface area contributed by atoms with E-state index in [0.29, 0.717) is 11.9 Å². The summed E-state index contributed by atoms with van der Waals surface area (Å²) in [5, 5.41) is 0. The summed E-state index contributed by atoms with van der Waals surface area (Å²) < 4.78 is 1.33. The second kappa shape index (κ2) is 4.21. The van der Waals surface area contributed by atoms with E-state index in [9.17, 15) is 4.79 Å². The Labute approximate surface area is 116 Å². The van der Waals surface area contributed by atoms with Crippen LogP contribution in [0.4, 0.5) is 0 Å². The molecule has 1 amide bonds. The SMILES string of the molecule is C[N+]12CCC[C@@H]3CN4C(=O)CCC[C@@H]4[C@H](CCC1)[C@H]32. The smallest absolute Gasteiger partial charge is 0.222 e. The maximum atomic E-state index is 12.3. The van der Waals surface area contributed by atoms with Crippen molar-refractivity contribution < 1.29 is 9.28 Å². The van der Waals surface area contributed by atoms with Crippen molar-refractivity contribution in [3.05, 3.63) is 0 Å². The van der Waals surface area contributed by atoms with Gasteiger partial charge in [0.05, 0.1) is 26.2 Å². The molecular weight excluding hydrogens is 236 g/mol. The van der Waals surface area contributed by atoms with Crippen molar-refractivity contribution in [2.75, 3.05) is 26.7 Å². The number of quaternary nitrogens is 1. The first-order valence-electron chi connectivity index (χ1n) is 8.33. The van der Waals surface area contributed by atoms with Crippen LogP contribution in [0.5, 0.6) is 0 Å². The van der Waals surface area contributed by atoms with Crippen LogP contribution in [0.3, 0.4) is 0 Å². The number of nitrogens with zero attached hydrogens (tertiary/aromatic N) is 2. The van der Waals surface area contributed by atoms with Gasteiger partial charge in [-0.15, -0.1) is 0 Å². The minimum Gasteiger partial charge on any atom is -0.339 e. The summed E-state index contributed by atoms with van der Waals surface area (Å²) in [6.07, 6.45) is 8.72. The minimum absolute atomic E-state index is 0.458. The fourth-order valence-electron chi connectivity index (χ4n) is 5.98. The molecule has 3 heteroatoms. The molecule has 3 nitrogen and oxygen atoms in total. The summed E-state index contributed by atoms with van der Waals surface area (Å²) in [4.78, 5) is 14.6. The number of rotatable bonds is 0. The van der Waals surface area contributed by atoms with Crippen LogP contribution in [0.25, 0.3) is 0 Å². The van der Waals surface area contributed by atoms with Crippen LogP contribution in [0.2, 0.25) is 0 Å². The molecule has 0 aromatic rings. The van der Waals surface area contributed by atoms with E-state index in [0.717, 1.165) is 37.3 Å². The topological polar surface area (TPSA) is 20.3 Å². The zero-order chi connectivity index (χ0) is 13.0. The zero-order valence-corrected chi connectivity index (χ0v) is 12.2. The third-order valence-corrected chi connectivity index (χ3v) is 6.63. The van der Waals surface area contributed by atoms with Crippen LogP contribution in [0, 0.1) is 11.8 Å². The lowest BCUT2D eigenvalue weighted by Gasteiger charge is -2.61. The lowest BCUT2D eigenvalue weighted by molar-refractivity contribution is -0.952. The molecule has 0 spiro atoms. The summed E-state index contributed by atoms with van der Waals surface area (Å²) >= 11 is 0. The summed E-state index contributed by atoms with van der Waals surface area (Å²) in [7, 11) is 2.50. The van der Waals surface area contributed by atoms with Crippen molar-refractivity contribution in [2.24, 2.45) is 11.8 Å². The van der Waals surface area contributed by atoms with E-state index in [1.54, 1.807) is 0 Å². The third kappa shape index (κ3) is 1.70. The predicted molar refractivity (Wildman–Crippen MR) is 74.5 cm³/mol. The largest absolute Gasteiger partial charge is 0.339 e. The first-order chi connectivity index (χ1) is 9.19. The number of piperidine rings is 4. The van der Waals surface area contributed by atoms with Gasteiger partial charge in [0.2, 0.25) is 5.91 Å². The van der Waals surface area contributed by atoms with Gasteiger partial charge in [-0.1, -0.05) is 0 Å². The number of hydrogen-bond acceptors (Lipinski definition) is 1. The summed E-state index contributed by atoms with van der Waals surface area (Å²) in [5.74, 6) is 2.06. The fraction of sp³-hybridized carbons (Fsp3) is 0.938. The van der Waals surface area contributed by atoms with Crippen LogP contribution >= 0.6 is 0 Å². The molecule has 4 aliphatic rings. The Kier molecular flexibility index (Phi) is 2.70. The first-order valence-corrected chi connectivity index (χ1v) is 8.33. The zero-order valence-electron chi connectivity index (χ0n) is 12.2. The van der Waals surface area contributed by atoms with Gasteiger partial charge in [-0.25, -0.2) is 0 Å². The Bertz CT molecular complexity index is 392. The van der Waals surface area contributed by atoms with E-state index < -0.39 is 0 Å². The summed E-state index contributed by atoms with van der Waals surface area (Å²) in [6, 6.07) is 1.47. The fourth-order valence-corrected chi connectivity index (χ4v) is 5.98. The molecule has 4 saturated heterocycles. The molecule has 0 N–H and O–H groups in total. The number of fused-ring (bicyclic) bond motifs is 2. The van der Waals surface area contributed by atoms with Crippen LogP contribution in [0.15, 0.2) is 0 Å². The Hall–Kier alpha value is -0.570. The highest BCUT2D eigenvalue weighted by Gasteiger charge is 2.56. The Morgan fingerprint density at radius 3 is 2.74 bits per heavy atom. The molecule has 0 aromatic heterocycles. The predicted octanol–water partition coefficient (Wildman–Crippen LogP) is 2.02. The van der Waals surface area contributed by atoms with Gasteiger partial charge in [0.25, 0.3) is 0 Å². The number of carbonyl (C=O) groups excluding carboxylic acids is 1. The van der Waals surface area contributed by atoms with Crippen molar-refractivity contribution in [3.8, 4) is 0 Å². The molecule has 1 unspecified atom stereocenters. The maximum Gasteiger partial charge on any atom is 0.222 e. The maximum absolute atomic E-state index is 12.3. The minimum atomic E-state index is 0.458. The lowest BCUT2D eigenvalue weighted by Crippen LogP contribution is -2.72. The molecule has 0 saturated carbocycles. The van der Waals surface area contributed by atoms with E-state index in [1.165, 1.54) is 49.7 Å². The molecule has 19 heavy (non-hydrogen) atoms. The van der Waals surface area contributed by atoms with Crippen LogP contribution < -0.4 is 0 Å². The van der Waals surface area contributed by atoms with Gasteiger partial charge >= 0.3 is 0 Å². The number of amides is 1. The van der Waals surface area contributed by atoms with Crippen molar-refractivity contribution >= 4 is 5.91 Å². The van der Waals surface area contributed by atoms with Crippen LogP contribution in [-0.2, 0) is 4.79 Å². The van der Waals surface area contributed by atoms with Gasteiger partial charge < -0.3 is 9.38 Å². The Morgan fingerprint density at radius 1 is 1.11 bits per heavy atom. The van der Waals surface area contributed by atoms with E-state index >= 15 is 0 Å². The molecule has 4 aliphatic heterocycles. The highest BCUT2D eigenvalue weighted by atomic mass is 16.2. The van der Waals surface area contributed by atoms with Crippen molar-refractivity contribution in [1.29, 1.82) is 0 Å². The molecule has 4 fully saturated rings. The van der Waals surface area contributed by atoms with E-state index in [1.807, 2.05) is 0 Å². The third-order valence-electron chi connectivity index (χ3n) is 6.63. The molecule has 4 heterocycles. The lowest BCUT2D eigenvalue weighted by atomic mass is 9.67. The van der Waals surface area contributed by atoms with Gasteiger partial charge in [-0.2, -0.15) is 0 Å². The highest BCUT2D eigenvalue weighted by Crippen LogP contribution is 2.47. The van der Waals surface area contributed by atoms with Gasteiger partial charge in [0, 0.05) is 30.8 Å². The van der Waals surface area contributed by atoms with E-state index in [2.05, 4.69) is 11.9 Å². The van der Waals surface area contributed by atoms with Crippen LogP contribution in [-0.4, -0.2) is 54.1 Å². The normalized spacial score (nSPS) is 49.5. The van der Waals surface area contributed by atoms with Gasteiger partial charge in [0.1, 0.15) is 0 Å². The van der Waals surface area contributed by atoms with Gasteiger partial charge in [0.15, 0.2) is 0 Å². The monoisotopic (exact) mass is 263 g/mol. The average molecular weight is 263 g/mol. The number of hydrogen-bond donors (Lipinski definition) is 0. The van der Waals surface area contributed by atoms with E-state index in [4.69, 9.17) is 0 Å². The van der Waals surface area contributed by atoms with Crippen molar-refractivity contribution in [1.82, 2.24) is 4.90 Å². The van der Waals surface area contributed by atoms with E-state index in [-0.39, 0.29) is 0 Å². The quantitative estimate of drug-likeness (QED) is 0.612. The highest BCUT2D eigenvalue weighted by molar-refractivity contribution is 5.77. The summed E-state index contributed by atoms with van der Waals surface area (Å²) in [6.45, 7) is 3.86. The first kappa shape index (κ1) is 12.2. The summed E-state index contributed by atoms with van der Waals surface area (Å²) in [5.41, 5.74) is 0. The Balaban J connectivity index is 1.69. The molecule has 5 atom stereocenters.